The molecule has 120 valence electrons. The molecule has 0 atom stereocenters. The molecular formula is C16H12ClN5O2. The zero-order chi connectivity index (χ0) is 16.5. The zero-order valence-corrected chi connectivity index (χ0v) is 13.2. The second kappa shape index (κ2) is 5.93. The van der Waals surface area contributed by atoms with Crippen LogP contribution < -0.4 is 5.56 Å². The molecule has 0 aliphatic heterocycles. The number of hydrogen-bond donors (Lipinski definition) is 0. The maximum atomic E-state index is 12.6. The summed E-state index contributed by atoms with van der Waals surface area (Å²) < 4.78 is 7.96. The maximum absolute atomic E-state index is 12.6. The third-order valence-corrected chi connectivity index (χ3v) is 3.94. The first-order valence-corrected chi connectivity index (χ1v) is 7.63. The summed E-state index contributed by atoms with van der Waals surface area (Å²) in [5.41, 5.74) is 2.07. The molecule has 4 rings (SSSR count). The summed E-state index contributed by atoms with van der Waals surface area (Å²) in [5, 5.41) is 9.24. The Morgan fingerprint density at radius 3 is 2.71 bits per heavy atom. The Morgan fingerprint density at radius 1 is 1.12 bits per heavy atom. The Morgan fingerprint density at radius 2 is 1.96 bits per heavy atom. The number of halogens is 1. The lowest BCUT2D eigenvalue weighted by atomic mass is 10.2. The summed E-state index contributed by atoms with van der Waals surface area (Å²) in [5.74, 6) is 0. The molecule has 0 fully saturated rings. The van der Waals surface area contributed by atoms with Crippen molar-refractivity contribution in [2.24, 2.45) is 0 Å². The van der Waals surface area contributed by atoms with Crippen LogP contribution in [0.3, 0.4) is 0 Å². The van der Waals surface area contributed by atoms with Crippen LogP contribution in [0.15, 0.2) is 58.4 Å². The molecule has 1 aromatic carbocycles. The largest absolute Gasteiger partial charge is 0.364 e. The molecular weight excluding hydrogens is 330 g/mol. The van der Waals surface area contributed by atoms with E-state index in [0.29, 0.717) is 34.8 Å². The first kappa shape index (κ1) is 14.6. The second-order valence-electron chi connectivity index (χ2n) is 5.33. The van der Waals surface area contributed by atoms with Gasteiger partial charge in [-0.15, -0.1) is 0 Å². The third kappa shape index (κ3) is 2.69. The van der Waals surface area contributed by atoms with Gasteiger partial charge in [-0.2, -0.15) is 5.10 Å². The normalized spacial score (nSPS) is 11.2. The molecule has 0 aliphatic rings. The number of benzene rings is 1. The minimum Gasteiger partial charge on any atom is -0.364 e. The van der Waals surface area contributed by atoms with Gasteiger partial charge in [0.15, 0.2) is 5.65 Å². The van der Waals surface area contributed by atoms with Crippen LogP contribution in [0, 0.1) is 0 Å². The highest BCUT2D eigenvalue weighted by Crippen LogP contribution is 2.13. The van der Waals surface area contributed by atoms with Gasteiger partial charge in [0.1, 0.15) is 23.7 Å². The van der Waals surface area contributed by atoms with Gasteiger partial charge < -0.3 is 4.52 Å². The van der Waals surface area contributed by atoms with E-state index in [9.17, 15) is 4.79 Å². The van der Waals surface area contributed by atoms with Crippen molar-refractivity contribution in [3.8, 4) is 0 Å². The van der Waals surface area contributed by atoms with E-state index in [1.54, 1.807) is 16.9 Å². The van der Waals surface area contributed by atoms with E-state index in [-0.39, 0.29) is 5.56 Å². The van der Waals surface area contributed by atoms with Crippen molar-refractivity contribution >= 4 is 22.6 Å². The summed E-state index contributed by atoms with van der Waals surface area (Å²) in [6.45, 7) is 0.820. The Kier molecular flexibility index (Phi) is 3.62. The molecule has 0 saturated carbocycles. The summed E-state index contributed by atoms with van der Waals surface area (Å²) in [4.78, 5) is 16.9. The molecule has 7 nitrogen and oxygen atoms in total. The monoisotopic (exact) mass is 341 g/mol. The van der Waals surface area contributed by atoms with E-state index in [1.807, 2.05) is 24.3 Å². The molecule has 0 spiro atoms. The van der Waals surface area contributed by atoms with Crippen molar-refractivity contribution in [3.63, 3.8) is 0 Å². The van der Waals surface area contributed by atoms with Crippen molar-refractivity contribution in [1.82, 2.24) is 24.5 Å². The van der Waals surface area contributed by atoms with Crippen LogP contribution in [0.4, 0.5) is 0 Å². The van der Waals surface area contributed by atoms with Crippen LogP contribution in [0.25, 0.3) is 11.0 Å². The first-order valence-electron chi connectivity index (χ1n) is 7.25. The molecule has 24 heavy (non-hydrogen) atoms. The smallest absolute Gasteiger partial charge is 0.264 e. The van der Waals surface area contributed by atoms with Gasteiger partial charge in [0, 0.05) is 11.1 Å². The quantitative estimate of drug-likeness (QED) is 0.569. The number of nitrogens with zero attached hydrogens (tertiary/aromatic N) is 5. The van der Waals surface area contributed by atoms with Crippen molar-refractivity contribution < 1.29 is 4.52 Å². The van der Waals surface area contributed by atoms with E-state index in [0.717, 1.165) is 5.56 Å². The summed E-state index contributed by atoms with van der Waals surface area (Å²) in [7, 11) is 0. The average Bonchev–Trinajstić information content (AvgIpc) is 3.23. The minimum atomic E-state index is -0.162. The van der Waals surface area contributed by atoms with Gasteiger partial charge in [0.25, 0.3) is 5.56 Å². The van der Waals surface area contributed by atoms with E-state index in [2.05, 4.69) is 15.2 Å². The minimum absolute atomic E-state index is 0.162. The van der Waals surface area contributed by atoms with E-state index in [4.69, 9.17) is 16.1 Å². The second-order valence-corrected chi connectivity index (χ2v) is 5.77. The van der Waals surface area contributed by atoms with Crippen LogP contribution in [-0.2, 0) is 13.1 Å². The molecule has 0 N–H and O–H groups in total. The Hall–Kier alpha value is -2.93. The van der Waals surface area contributed by atoms with Crippen LogP contribution in [0.2, 0.25) is 5.02 Å². The van der Waals surface area contributed by atoms with Crippen molar-refractivity contribution in [1.29, 1.82) is 0 Å². The van der Waals surface area contributed by atoms with Crippen molar-refractivity contribution in [3.05, 3.63) is 75.8 Å². The van der Waals surface area contributed by atoms with Gasteiger partial charge in [-0.1, -0.05) is 28.9 Å². The SMILES string of the molecule is O=c1c2cnn(Cc3ccc(Cl)cc3)c2ncn1Cc1ccon1. The van der Waals surface area contributed by atoms with Gasteiger partial charge in [0.2, 0.25) is 0 Å². The molecule has 4 aromatic rings. The first-order chi connectivity index (χ1) is 11.7. The highest BCUT2D eigenvalue weighted by atomic mass is 35.5. The van der Waals surface area contributed by atoms with Gasteiger partial charge >= 0.3 is 0 Å². The number of rotatable bonds is 4. The Bertz CT molecular complexity index is 1030. The standard InChI is InChI=1S/C16H12ClN5O2/c17-12-3-1-11(2-4-12)8-22-15-14(7-19-22)16(23)21(10-18-15)9-13-5-6-24-20-13/h1-7,10H,8-9H2. The van der Waals surface area contributed by atoms with Crippen molar-refractivity contribution in [2.75, 3.05) is 0 Å². The molecule has 0 radical (unpaired) electrons. The number of fused-ring (bicyclic) bond motifs is 1. The predicted octanol–water partition coefficient (Wildman–Crippen LogP) is 2.33. The molecule has 0 amide bonds. The fraction of sp³-hybridized carbons (Fsp3) is 0.125. The van der Waals surface area contributed by atoms with Gasteiger partial charge in [-0.3, -0.25) is 9.36 Å². The van der Waals surface area contributed by atoms with E-state index < -0.39 is 0 Å². The molecule has 8 heteroatoms. The number of aromatic nitrogens is 5. The molecule has 0 unspecified atom stereocenters. The summed E-state index contributed by atoms with van der Waals surface area (Å²) in [6, 6.07) is 9.19. The molecule has 3 heterocycles. The average molecular weight is 342 g/mol. The highest BCUT2D eigenvalue weighted by molar-refractivity contribution is 6.30. The Balaban J connectivity index is 1.68. The molecule has 0 saturated heterocycles. The molecule has 0 bridgehead atoms. The van der Waals surface area contributed by atoms with E-state index >= 15 is 0 Å². The van der Waals surface area contributed by atoms with E-state index in [1.165, 1.54) is 17.2 Å². The molecule has 0 aliphatic carbocycles. The van der Waals surface area contributed by atoms with Crippen molar-refractivity contribution in [2.45, 2.75) is 13.1 Å². The lowest BCUT2D eigenvalue weighted by Gasteiger charge is -2.05. The summed E-state index contributed by atoms with van der Waals surface area (Å²) >= 11 is 5.89. The number of hydrogen-bond acceptors (Lipinski definition) is 5. The fourth-order valence-electron chi connectivity index (χ4n) is 2.48. The third-order valence-electron chi connectivity index (χ3n) is 3.69. The fourth-order valence-corrected chi connectivity index (χ4v) is 2.61. The summed E-state index contributed by atoms with van der Waals surface area (Å²) in [6.07, 6.45) is 4.51. The lowest BCUT2D eigenvalue weighted by Crippen LogP contribution is -2.21. The van der Waals surface area contributed by atoms with Gasteiger partial charge in [0.05, 0.1) is 19.3 Å². The predicted molar refractivity (Wildman–Crippen MR) is 87.9 cm³/mol. The van der Waals surface area contributed by atoms with Crippen LogP contribution in [-0.4, -0.2) is 24.5 Å². The lowest BCUT2D eigenvalue weighted by molar-refractivity contribution is 0.409. The van der Waals surface area contributed by atoms with Crippen LogP contribution in [0.1, 0.15) is 11.3 Å². The highest BCUT2D eigenvalue weighted by Gasteiger charge is 2.11. The zero-order valence-electron chi connectivity index (χ0n) is 12.5. The van der Waals surface area contributed by atoms with Crippen LogP contribution >= 0.6 is 11.6 Å². The Labute approximate surface area is 141 Å². The topological polar surface area (TPSA) is 78.7 Å². The van der Waals surface area contributed by atoms with Gasteiger partial charge in [-0.25, -0.2) is 9.67 Å². The van der Waals surface area contributed by atoms with Gasteiger partial charge in [-0.05, 0) is 17.7 Å². The molecule has 3 aromatic heterocycles. The van der Waals surface area contributed by atoms with Crippen LogP contribution in [0.5, 0.6) is 0 Å². The maximum Gasteiger partial charge on any atom is 0.264 e.